The molecule has 0 aromatic heterocycles. The van der Waals surface area contributed by atoms with Crippen molar-refractivity contribution in [3.8, 4) is 0 Å². The minimum Gasteiger partial charge on any atom is -0.389 e. The van der Waals surface area contributed by atoms with E-state index in [1.165, 1.54) is 0 Å². The first-order valence-corrected chi connectivity index (χ1v) is 8.62. The Morgan fingerprint density at radius 2 is 1.90 bits per heavy atom. The molecular formula is C14H20N2O2S2. The van der Waals surface area contributed by atoms with Crippen LogP contribution in [0.4, 0.5) is 0 Å². The molecule has 4 nitrogen and oxygen atoms in total. The number of thiocarbonyl (C=S) groups is 1. The Kier molecular flexibility index (Phi) is 4.46. The lowest BCUT2D eigenvalue weighted by Gasteiger charge is -2.37. The second-order valence-corrected chi connectivity index (χ2v) is 7.64. The zero-order valence-corrected chi connectivity index (χ0v) is 13.4. The van der Waals surface area contributed by atoms with Crippen LogP contribution in [-0.4, -0.2) is 29.8 Å². The van der Waals surface area contributed by atoms with Crippen LogP contribution in [0.25, 0.3) is 0 Å². The zero-order chi connectivity index (χ0) is 14.9. The average molecular weight is 312 g/mol. The molecule has 2 unspecified atom stereocenters. The highest BCUT2D eigenvalue weighted by molar-refractivity contribution is 7.89. The molecule has 1 aliphatic heterocycles. The van der Waals surface area contributed by atoms with Crippen LogP contribution in [0.15, 0.2) is 29.2 Å². The highest BCUT2D eigenvalue weighted by Crippen LogP contribution is 2.29. The van der Waals surface area contributed by atoms with Gasteiger partial charge in [-0.2, -0.15) is 4.31 Å². The number of rotatable bonds is 3. The maximum Gasteiger partial charge on any atom is 0.243 e. The fourth-order valence-electron chi connectivity index (χ4n) is 2.80. The summed E-state index contributed by atoms with van der Waals surface area (Å²) in [6.07, 6.45) is 2.87. The van der Waals surface area contributed by atoms with Gasteiger partial charge in [-0.05, 0) is 38.8 Å². The maximum atomic E-state index is 12.8. The molecule has 2 atom stereocenters. The number of piperidine rings is 1. The van der Waals surface area contributed by atoms with Crippen LogP contribution in [0.5, 0.6) is 0 Å². The molecule has 20 heavy (non-hydrogen) atoms. The van der Waals surface area contributed by atoms with Crippen molar-refractivity contribution in [3.05, 3.63) is 29.8 Å². The van der Waals surface area contributed by atoms with Crippen molar-refractivity contribution in [2.24, 2.45) is 5.73 Å². The minimum absolute atomic E-state index is 0.0252. The lowest BCUT2D eigenvalue weighted by atomic mass is 10.0. The number of sulfonamides is 1. The predicted molar refractivity (Wildman–Crippen MR) is 84.1 cm³/mol. The topological polar surface area (TPSA) is 63.4 Å². The van der Waals surface area contributed by atoms with Gasteiger partial charge in [0.25, 0.3) is 0 Å². The van der Waals surface area contributed by atoms with Gasteiger partial charge in [0.05, 0.1) is 4.90 Å². The van der Waals surface area contributed by atoms with E-state index in [0.717, 1.165) is 19.3 Å². The fourth-order valence-corrected chi connectivity index (χ4v) is 4.86. The monoisotopic (exact) mass is 312 g/mol. The van der Waals surface area contributed by atoms with Gasteiger partial charge in [0.15, 0.2) is 0 Å². The molecular weight excluding hydrogens is 292 g/mol. The van der Waals surface area contributed by atoms with Gasteiger partial charge in [0.1, 0.15) is 4.99 Å². The van der Waals surface area contributed by atoms with E-state index in [2.05, 4.69) is 0 Å². The highest BCUT2D eigenvalue weighted by atomic mass is 32.2. The van der Waals surface area contributed by atoms with E-state index in [4.69, 9.17) is 18.0 Å². The summed E-state index contributed by atoms with van der Waals surface area (Å²) in [7, 11) is -3.50. The van der Waals surface area contributed by atoms with E-state index in [9.17, 15) is 8.42 Å². The standard InChI is InChI=1S/C14H20N2O2S2/c1-10-5-3-6-11(2)16(10)20(17,18)13-8-4-7-12(9-13)14(15)19/h4,7-11H,3,5-6H2,1-2H3,(H2,15,19). The molecule has 0 radical (unpaired) electrons. The number of nitrogens with two attached hydrogens (primary N) is 1. The quantitative estimate of drug-likeness (QED) is 0.870. The third kappa shape index (κ3) is 2.87. The largest absolute Gasteiger partial charge is 0.389 e. The third-order valence-electron chi connectivity index (χ3n) is 3.81. The van der Waals surface area contributed by atoms with Crippen molar-refractivity contribution in [3.63, 3.8) is 0 Å². The Hall–Kier alpha value is -0.980. The number of nitrogens with zero attached hydrogens (tertiary/aromatic N) is 1. The molecule has 0 amide bonds. The lowest BCUT2D eigenvalue weighted by molar-refractivity contribution is 0.204. The Morgan fingerprint density at radius 1 is 1.30 bits per heavy atom. The van der Waals surface area contributed by atoms with Crippen LogP contribution >= 0.6 is 12.2 Å². The summed E-state index contributed by atoms with van der Waals surface area (Å²) in [4.78, 5) is 0.477. The molecule has 1 aromatic carbocycles. The Morgan fingerprint density at radius 3 is 2.45 bits per heavy atom. The van der Waals surface area contributed by atoms with Crippen molar-refractivity contribution in [2.75, 3.05) is 0 Å². The number of hydrogen-bond donors (Lipinski definition) is 1. The first-order valence-electron chi connectivity index (χ1n) is 6.77. The molecule has 1 saturated heterocycles. The second-order valence-electron chi connectivity index (χ2n) is 5.36. The van der Waals surface area contributed by atoms with Gasteiger partial charge in [0, 0.05) is 17.6 Å². The van der Waals surface area contributed by atoms with Crippen LogP contribution in [0.1, 0.15) is 38.7 Å². The van der Waals surface area contributed by atoms with E-state index in [0.29, 0.717) is 5.56 Å². The Labute approximate surface area is 126 Å². The van der Waals surface area contributed by atoms with Crippen molar-refractivity contribution in [1.29, 1.82) is 0 Å². The smallest absolute Gasteiger partial charge is 0.243 e. The molecule has 0 saturated carbocycles. The predicted octanol–water partition coefficient (Wildman–Crippen LogP) is 2.27. The molecule has 0 spiro atoms. The average Bonchev–Trinajstić information content (AvgIpc) is 2.38. The summed E-state index contributed by atoms with van der Waals surface area (Å²) in [5.41, 5.74) is 6.16. The van der Waals surface area contributed by atoms with Crippen LogP contribution in [0.3, 0.4) is 0 Å². The fraction of sp³-hybridized carbons (Fsp3) is 0.500. The van der Waals surface area contributed by atoms with Crippen molar-refractivity contribution in [2.45, 2.75) is 50.1 Å². The molecule has 2 N–H and O–H groups in total. The minimum atomic E-state index is -3.50. The Balaban J connectivity index is 2.44. The first kappa shape index (κ1) is 15.4. The number of benzene rings is 1. The summed E-state index contributed by atoms with van der Waals surface area (Å²) in [5, 5.41) is 0. The van der Waals surface area contributed by atoms with Crippen molar-refractivity contribution < 1.29 is 8.42 Å². The van der Waals surface area contributed by atoms with Gasteiger partial charge in [-0.15, -0.1) is 0 Å². The highest BCUT2D eigenvalue weighted by Gasteiger charge is 2.35. The van der Waals surface area contributed by atoms with Crippen LogP contribution in [0.2, 0.25) is 0 Å². The SMILES string of the molecule is CC1CCCC(C)N1S(=O)(=O)c1cccc(C(N)=S)c1. The van der Waals surface area contributed by atoms with Gasteiger partial charge in [-0.25, -0.2) is 8.42 Å². The van der Waals surface area contributed by atoms with Gasteiger partial charge >= 0.3 is 0 Å². The summed E-state index contributed by atoms with van der Waals surface area (Å²) < 4.78 is 27.3. The molecule has 6 heteroatoms. The van der Waals surface area contributed by atoms with Gasteiger partial charge in [-0.3, -0.25) is 0 Å². The molecule has 0 bridgehead atoms. The molecule has 1 aliphatic rings. The van der Waals surface area contributed by atoms with Crippen LogP contribution in [-0.2, 0) is 10.0 Å². The summed E-state index contributed by atoms with van der Waals surface area (Å²) in [6, 6.07) is 6.62. The van der Waals surface area contributed by atoms with Gasteiger partial charge in [0.2, 0.25) is 10.0 Å². The van der Waals surface area contributed by atoms with Crippen LogP contribution in [0, 0.1) is 0 Å². The van der Waals surface area contributed by atoms with Crippen molar-refractivity contribution >= 4 is 27.2 Å². The molecule has 2 rings (SSSR count). The third-order valence-corrected chi connectivity index (χ3v) is 6.17. The Bertz CT molecular complexity index is 603. The summed E-state index contributed by atoms with van der Waals surface area (Å²) >= 11 is 4.92. The molecule has 110 valence electrons. The van der Waals surface area contributed by atoms with E-state index < -0.39 is 10.0 Å². The zero-order valence-electron chi connectivity index (χ0n) is 11.7. The van der Waals surface area contributed by atoms with Gasteiger partial charge < -0.3 is 5.73 Å². The van der Waals surface area contributed by atoms with E-state index in [-0.39, 0.29) is 22.0 Å². The van der Waals surface area contributed by atoms with Gasteiger partial charge in [-0.1, -0.05) is 30.8 Å². The summed E-state index contributed by atoms with van der Waals surface area (Å²) in [5.74, 6) is 0. The lowest BCUT2D eigenvalue weighted by Crippen LogP contribution is -2.47. The van der Waals surface area contributed by atoms with Crippen molar-refractivity contribution in [1.82, 2.24) is 4.31 Å². The molecule has 1 heterocycles. The van der Waals surface area contributed by atoms with E-state index >= 15 is 0 Å². The maximum absolute atomic E-state index is 12.8. The molecule has 0 aliphatic carbocycles. The van der Waals surface area contributed by atoms with E-state index in [1.54, 1.807) is 28.6 Å². The number of hydrogen-bond acceptors (Lipinski definition) is 3. The van der Waals surface area contributed by atoms with E-state index in [1.807, 2.05) is 13.8 Å². The second kappa shape index (κ2) is 5.79. The van der Waals surface area contributed by atoms with Crippen LogP contribution < -0.4 is 5.73 Å². The summed E-state index contributed by atoms with van der Waals surface area (Å²) in [6.45, 7) is 3.93. The normalized spacial score (nSPS) is 24.5. The molecule has 1 fully saturated rings. The molecule has 1 aromatic rings. The first-order chi connectivity index (χ1) is 9.34.